The van der Waals surface area contributed by atoms with Crippen LogP contribution in [0.15, 0.2) is 28.7 Å². The number of hydrogen-bond acceptors (Lipinski definition) is 2. The molecule has 0 spiro atoms. The molecule has 1 aromatic carbocycles. The molecule has 3 heteroatoms. The zero-order chi connectivity index (χ0) is 13.2. The third-order valence-corrected chi connectivity index (χ3v) is 4.49. The monoisotopic (exact) mass is 306 g/mol. The van der Waals surface area contributed by atoms with Gasteiger partial charge in [0.2, 0.25) is 0 Å². The summed E-state index contributed by atoms with van der Waals surface area (Å²) in [4.78, 5) is 0. The Morgan fingerprint density at radius 1 is 1.39 bits per heavy atom. The van der Waals surface area contributed by atoms with E-state index >= 15 is 0 Å². The van der Waals surface area contributed by atoms with Gasteiger partial charge in [0.25, 0.3) is 0 Å². The molecule has 0 saturated heterocycles. The summed E-state index contributed by atoms with van der Waals surface area (Å²) in [7, 11) is 0. The Kier molecular flexibility index (Phi) is 3.97. The van der Waals surface area contributed by atoms with Crippen LogP contribution in [0.2, 0.25) is 0 Å². The second kappa shape index (κ2) is 5.32. The number of rotatable bonds is 2. The third-order valence-electron chi connectivity index (χ3n) is 4.00. The Balaban J connectivity index is 2.25. The van der Waals surface area contributed by atoms with Gasteiger partial charge in [-0.1, -0.05) is 42.3 Å². The van der Waals surface area contributed by atoms with E-state index in [-0.39, 0.29) is 0 Å². The van der Waals surface area contributed by atoms with Gasteiger partial charge in [-0.3, -0.25) is 0 Å². The molecule has 1 saturated carbocycles. The van der Waals surface area contributed by atoms with Crippen molar-refractivity contribution in [1.82, 2.24) is 0 Å². The highest BCUT2D eigenvalue weighted by Gasteiger charge is 2.41. The molecule has 96 valence electrons. The first-order valence-electron chi connectivity index (χ1n) is 6.51. The van der Waals surface area contributed by atoms with Gasteiger partial charge in [0.1, 0.15) is 5.54 Å². The van der Waals surface area contributed by atoms with Gasteiger partial charge in [0.05, 0.1) is 6.07 Å². The highest BCUT2D eigenvalue weighted by atomic mass is 79.9. The van der Waals surface area contributed by atoms with Gasteiger partial charge in [0, 0.05) is 10.2 Å². The fourth-order valence-electron chi connectivity index (χ4n) is 2.82. The molecule has 0 bridgehead atoms. The van der Waals surface area contributed by atoms with E-state index in [0.29, 0.717) is 11.8 Å². The zero-order valence-corrected chi connectivity index (χ0v) is 12.5. The topological polar surface area (TPSA) is 35.8 Å². The average Bonchev–Trinajstić information content (AvgIpc) is 2.34. The van der Waals surface area contributed by atoms with E-state index in [9.17, 15) is 5.26 Å². The van der Waals surface area contributed by atoms with Crippen LogP contribution in [0, 0.1) is 23.2 Å². The Bertz CT molecular complexity index is 466. The molecule has 0 radical (unpaired) electrons. The van der Waals surface area contributed by atoms with Crippen LogP contribution in [0.3, 0.4) is 0 Å². The molecule has 18 heavy (non-hydrogen) atoms. The van der Waals surface area contributed by atoms with Crippen molar-refractivity contribution < 1.29 is 0 Å². The quantitative estimate of drug-likeness (QED) is 0.868. The van der Waals surface area contributed by atoms with Crippen LogP contribution < -0.4 is 5.32 Å². The average molecular weight is 307 g/mol. The number of halogens is 1. The number of nitriles is 1. The van der Waals surface area contributed by atoms with Crippen molar-refractivity contribution in [2.24, 2.45) is 11.8 Å². The third kappa shape index (κ3) is 2.70. The maximum Gasteiger partial charge on any atom is 0.128 e. The Labute approximate surface area is 118 Å². The standard InChI is InChI=1S/C15H19BrN2/c1-11-6-7-12(2)15(9-11,10-17)18-14-5-3-4-13(16)8-14/h3-5,8,11-12,18H,6-7,9H2,1-2H3. The molecule has 1 aromatic rings. The summed E-state index contributed by atoms with van der Waals surface area (Å²) in [6, 6.07) is 10.6. The van der Waals surface area contributed by atoms with Crippen molar-refractivity contribution in [2.45, 2.75) is 38.6 Å². The lowest BCUT2D eigenvalue weighted by Gasteiger charge is -2.41. The van der Waals surface area contributed by atoms with Crippen LogP contribution in [0.5, 0.6) is 0 Å². The lowest BCUT2D eigenvalue weighted by molar-refractivity contribution is 0.229. The Hall–Kier alpha value is -1.01. The molecule has 3 atom stereocenters. The van der Waals surface area contributed by atoms with Crippen LogP contribution >= 0.6 is 15.9 Å². The van der Waals surface area contributed by atoms with E-state index in [1.54, 1.807) is 0 Å². The summed E-state index contributed by atoms with van der Waals surface area (Å²) in [5.41, 5.74) is 0.602. The minimum atomic E-state index is -0.418. The molecule has 1 aliphatic rings. The SMILES string of the molecule is CC1CCC(C)C(C#N)(Nc2cccc(Br)c2)C1. The minimum absolute atomic E-state index is 0.387. The normalized spacial score (nSPS) is 31.7. The second-order valence-electron chi connectivity index (χ2n) is 5.51. The fourth-order valence-corrected chi connectivity index (χ4v) is 3.21. The van der Waals surface area contributed by atoms with Gasteiger partial charge in [-0.25, -0.2) is 0 Å². The smallest absolute Gasteiger partial charge is 0.128 e. The highest BCUT2D eigenvalue weighted by Crippen LogP contribution is 2.39. The summed E-state index contributed by atoms with van der Waals surface area (Å²) in [5.74, 6) is 0.998. The minimum Gasteiger partial charge on any atom is -0.367 e. The predicted molar refractivity (Wildman–Crippen MR) is 78.3 cm³/mol. The molecular formula is C15H19BrN2. The van der Waals surface area contributed by atoms with Crippen LogP contribution in [0.1, 0.15) is 33.1 Å². The predicted octanol–water partition coefficient (Wildman–Crippen LogP) is 4.58. The van der Waals surface area contributed by atoms with Crippen molar-refractivity contribution in [2.75, 3.05) is 5.32 Å². The van der Waals surface area contributed by atoms with Crippen LogP contribution in [0.4, 0.5) is 5.69 Å². The van der Waals surface area contributed by atoms with Crippen LogP contribution in [-0.2, 0) is 0 Å². The van der Waals surface area contributed by atoms with Crippen molar-refractivity contribution in [3.8, 4) is 6.07 Å². The Morgan fingerprint density at radius 3 is 2.83 bits per heavy atom. The van der Waals surface area contributed by atoms with E-state index in [0.717, 1.165) is 23.0 Å². The van der Waals surface area contributed by atoms with Gasteiger partial charge < -0.3 is 5.32 Å². The number of nitrogens with zero attached hydrogens (tertiary/aromatic N) is 1. The van der Waals surface area contributed by atoms with Gasteiger partial charge in [0.15, 0.2) is 0 Å². The molecule has 0 heterocycles. The molecule has 1 N–H and O–H groups in total. The van der Waals surface area contributed by atoms with Crippen LogP contribution in [0.25, 0.3) is 0 Å². The first-order valence-corrected chi connectivity index (χ1v) is 7.30. The van der Waals surface area contributed by atoms with E-state index < -0.39 is 5.54 Å². The molecule has 3 unspecified atom stereocenters. The maximum absolute atomic E-state index is 9.64. The summed E-state index contributed by atoms with van der Waals surface area (Å²) >= 11 is 3.47. The lowest BCUT2D eigenvalue weighted by Crippen LogP contribution is -2.47. The first-order chi connectivity index (χ1) is 8.55. The second-order valence-corrected chi connectivity index (χ2v) is 6.42. The van der Waals surface area contributed by atoms with Crippen molar-refractivity contribution in [3.63, 3.8) is 0 Å². The molecular weight excluding hydrogens is 288 g/mol. The maximum atomic E-state index is 9.64. The van der Waals surface area contributed by atoms with E-state index in [1.807, 2.05) is 24.3 Å². The summed E-state index contributed by atoms with van der Waals surface area (Å²) in [6.07, 6.45) is 3.28. The zero-order valence-electron chi connectivity index (χ0n) is 10.9. The number of nitrogens with one attached hydrogen (secondary N) is 1. The van der Waals surface area contributed by atoms with Crippen molar-refractivity contribution in [3.05, 3.63) is 28.7 Å². The number of anilines is 1. The van der Waals surface area contributed by atoms with Crippen molar-refractivity contribution in [1.29, 1.82) is 5.26 Å². The van der Waals surface area contributed by atoms with Gasteiger partial charge in [-0.05, 0) is 42.9 Å². The van der Waals surface area contributed by atoms with Crippen molar-refractivity contribution >= 4 is 21.6 Å². The molecule has 0 aliphatic heterocycles. The summed E-state index contributed by atoms with van der Waals surface area (Å²) in [5, 5.41) is 13.1. The highest BCUT2D eigenvalue weighted by molar-refractivity contribution is 9.10. The molecule has 0 aromatic heterocycles. The lowest BCUT2D eigenvalue weighted by atomic mass is 9.70. The van der Waals surface area contributed by atoms with E-state index in [4.69, 9.17) is 0 Å². The number of hydrogen-bond donors (Lipinski definition) is 1. The first kappa shape index (κ1) is 13.4. The molecule has 2 nitrogen and oxygen atoms in total. The van der Waals surface area contributed by atoms with E-state index in [1.165, 1.54) is 6.42 Å². The van der Waals surface area contributed by atoms with Gasteiger partial charge in [-0.15, -0.1) is 0 Å². The molecule has 0 amide bonds. The van der Waals surface area contributed by atoms with Gasteiger partial charge in [-0.2, -0.15) is 5.26 Å². The Morgan fingerprint density at radius 2 is 2.17 bits per heavy atom. The molecule has 1 aliphatic carbocycles. The number of benzene rings is 1. The van der Waals surface area contributed by atoms with E-state index in [2.05, 4.69) is 41.2 Å². The fraction of sp³-hybridized carbons (Fsp3) is 0.533. The van der Waals surface area contributed by atoms with Gasteiger partial charge >= 0.3 is 0 Å². The molecule has 2 rings (SSSR count). The largest absolute Gasteiger partial charge is 0.367 e. The van der Waals surface area contributed by atoms with Crippen LogP contribution in [-0.4, -0.2) is 5.54 Å². The molecule has 1 fully saturated rings. The summed E-state index contributed by atoms with van der Waals surface area (Å²) < 4.78 is 1.04. The summed E-state index contributed by atoms with van der Waals surface area (Å²) in [6.45, 7) is 4.42.